The molecule has 0 aromatic heterocycles. The van der Waals surface area contributed by atoms with Gasteiger partial charge in [0.15, 0.2) is 17.3 Å². The Morgan fingerprint density at radius 2 is 1.90 bits per heavy atom. The van der Waals surface area contributed by atoms with Crippen molar-refractivity contribution in [2.24, 2.45) is 22.7 Å². The fraction of sp³-hybridized carbons (Fsp3) is 0.333. The van der Waals surface area contributed by atoms with E-state index in [1.165, 1.54) is 6.08 Å². The van der Waals surface area contributed by atoms with Crippen molar-refractivity contribution in [2.45, 2.75) is 13.8 Å². The molecule has 0 bridgehead atoms. The summed E-state index contributed by atoms with van der Waals surface area (Å²) >= 11 is 0. The largest absolute Gasteiger partial charge is 0.486 e. The number of carbonyl (C=O) groups is 3. The number of dihydropyridines is 1. The fourth-order valence-corrected chi connectivity index (χ4v) is 3.49. The maximum absolute atomic E-state index is 12.8. The third kappa shape index (κ3) is 3.78. The topological polar surface area (TPSA) is 103 Å². The number of amides is 3. The Hall–Kier alpha value is -3.42. The molecule has 8 heteroatoms. The molecular weight excluding hydrogens is 376 g/mol. The SMILES string of the molecule is CC(C)C(/C=C1\OC(=O)NC1=O)C1C=CC(c2ccc3c(c2)OCCO3)=NC1=O. The van der Waals surface area contributed by atoms with E-state index in [2.05, 4.69) is 10.3 Å². The Morgan fingerprint density at radius 3 is 2.55 bits per heavy atom. The van der Waals surface area contributed by atoms with E-state index in [1.807, 2.05) is 19.9 Å². The van der Waals surface area contributed by atoms with E-state index < -0.39 is 17.9 Å². The van der Waals surface area contributed by atoms with Crippen molar-refractivity contribution in [3.05, 3.63) is 47.7 Å². The van der Waals surface area contributed by atoms with Gasteiger partial charge in [-0.3, -0.25) is 14.9 Å². The molecule has 1 aromatic rings. The number of carbonyl (C=O) groups excluding carboxylic acids is 3. The fourth-order valence-electron chi connectivity index (χ4n) is 3.49. The Kier molecular flexibility index (Phi) is 4.92. The zero-order chi connectivity index (χ0) is 20.5. The standard InChI is InChI=1S/C21H20N2O6/c1-11(2)14(10-18-20(25)23-21(26)29-18)13-4-5-15(22-19(13)24)12-3-6-16-17(9-12)28-8-7-27-16/h3-6,9-11,13-14H,7-8H2,1-2H3,(H,23,25,26)/b18-10-. The lowest BCUT2D eigenvalue weighted by atomic mass is 9.80. The molecule has 0 spiro atoms. The second kappa shape index (κ2) is 7.54. The average molecular weight is 396 g/mol. The quantitative estimate of drug-likeness (QED) is 0.784. The summed E-state index contributed by atoms with van der Waals surface area (Å²) in [6, 6.07) is 5.43. The van der Waals surface area contributed by atoms with Crippen LogP contribution < -0.4 is 14.8 Å². The molecule has 2 unspecified atom stereocenters. The van der Waals surface area contributed by atoms with Gasteiger partial charge < -0.3 is 14.2 Å². The first-order valence-electron chi connectivity index (χ1n) is 9.38. The lowest BCUT2D eigenvalue weighted by molar-refractivity contribution is -0.122. The van der Waals surface area contributed by atoms with Crippen LogP contribution in [0.5, 0.6) is 11.5 Å². The van der Waals surface area contributed by atoms with Crippen LogP contribution in [0.25, 0.3) is 0 Å². The molecule has 3 heterocycles. The Balaban J connectivity index is 1.57. The average Bonchev–Trinajstić information content (AvgIpc) is 3.02. The summed E-state index contributed by atoms with van der Waals surface area (Å²) in [6.45, 7) is 4.84. The molecule has 3 amide bonds. The van der Waals surface area contributed by atoms with Crippen molar-refractivity contribution in [1.82, 2.24) is 5.32 Å². The van der Waals surface area contributed by atoms with Gasteiger partial charge in [0.2, 0.25) is 0 Å². The molecular formula is C21H20N2O6. The Bertz CT molecular complexity index is 975. The first-order chi connectivity index (χ1) is 13.9. The number of nitrogens with one attached hydrogen (secondary N) is 1. The minimum atomic E-state index is -0.812. The Morgan fingerprint density at radius 1 is 1.14 bits per heavy atom. The number of hydrogen-bond donors (Lipinski definition) is 1. The summed E-state index contributed by atoms with van der Waals surface area (Å²) in [6.07, 6.45) is 4.28. The lowest BCUT2D eigenvalue weighted by Crippen LogP contribution is -2.28. The van der Waals surface area contributed by atoms with Crippen LogP contribution >= 0.6 is 0 Å². The number of rotatable bonds is 4. The summed E-state index contributed by atoms with van der Waals surface area (Å²) in [5.74, 6) is -0.618. The van der Waals surface area contributed by atoms with E-state index >= 15 is 0 Å². The summed E-state index contributed by atoms with van der Waals surface area (Å²) < 4.78 is 16.0. The van der Waals surface area contributed by atoms with Crippen molar-refractivity contribution in [2.75, 3.05) is 13.2 Å². The number of allylic oxidation sites excluding steroid dienone is 2. The highest BCUT2D eigenvalue weighted by Gasteiger charge is 2.34. The monoisotopic (exact) mass is 396 g/mol. The molecule has 4 rings (SSSR count). The number of ether oxygens (including phenoxy) is 3. The molecule has 29 heavy (non-hydrogen) atoms. The minimum Gasteiger partial charge on any atom is -0.486 e. The highest BCUT2D eigenvalue weighted by Crippen LogP contribution is 2.33. The van der Waals surface area contributed by atoms with Gasteiger partial charge in [-0.25, -0.2) is 9.79 Å². The van der Waals surface area contributed by atoms with Gasteiger partial charge in [0, 0.05) is 5.56 Å². The molecule has 1 aromatic carbocycles. The van der Waals surface area contributed by atoms with E-state index in [-0.39, 0.29) is 23.5 Å². The molecule has 1 fully saturated rings. The van der Waals surface area contributed by atoms with Gasteiger partial charge in [-0.1, -0.05) is 19.9 Å². The molecule has 0 aliphatic carbocycles. The normalized spacial score (nSPS) is 23.1. The number of aliphatic imine (C=N–C) groups is 1. The maximum Gasteiger partial charge on any atom is 0.419 e. The summed E-state index contributed by atoms with van der Waals surface area (Å²) in [5.41, 5.74) is 1.28. The van der Waals surface area contributed by atoms with Crippen molar-refractivity contribution in [3.8, 4) is 11.5 Å². The highest BCUT2D eigenvalue weighted by atomic mass is 16.6. The molecule has 3 aliphatic rings. The van der Waals surface area contributed by atoms with Crippen molar-refractivity contribution >= 4 is 23.6 Å². The van der Waals surface area contributed by atoms with Gasteiger partial charge in [-0.2, -0.15) is 0 Å². The van der Waals surface area contributed by atoms with E-state index in [0.29, 0.717) is 30.4 Å². The van der Waals surface area contributed by atoms with E-state index in [1.54, 1.807) is 24.3 Å². The number of cyclic esters (lactones) is 1. The maximum atomic E-state index is 12.8. The summed E-state index contributed by atoms with van der Waals surface area (Å²) in [4.78, 5) is 40.1. The van der Waals surface area contributed by atoms with Crippen LogP contribution in [-0.2, 0) is 14.3 Å². The number of benzene rings is 1. The van der Waals surface area contributed by atoms with Gasteiger partial charge >= 0.3 is 6.09 Å². The Labute approximate surface area is 167 Å². The molecule has 3 aliphatic heterocycles. The minimum absolute atomic E-state index is 0.0132. The second-order valence-corrected chi connectivity index (χ2v) is 7.27. The molecule has 8 nitrogen and oxygen atoms in total. The van der Waals surface area contributed by atoms with Crippen molar-refractivity contribution in [3.63, 3.8) is 0 Å². The number of nitrogens with zero attached hydrogens (tertiary/aromatic N) is 1. The van der Waals surface area contributed by atoms with Gasteiger partial charge in [-0.05, 0) is 42.2 Å². The molecule has 150 valence electrons. The predicted octanol–water partition coefficient (Wildman–Crippen LogP) is 2.38. The van der Waals surface area contributed by atoms with Crippen LogP contribution in [0.2, 0.25) is 0 Å². The van der Waals surface area contributed by atoms with Crippen LogP contribution in [0.3, 0.4) is 0 Å². The van der Waals surface area contributed by atoms with Crippen LogP contribution in [0.15, 0.2) is 47.2 Å². The lowest BCUT2D eigenvalue weighted by Gasteiger charge is -2.25. The zero-order valence-corrected chi connectivity index (χ0v) is 16.0. The smallest absolute Gasteiger partial charge is 0.419 e. The highest BCUT2D eigenvalue weighted by molar-refractivity contribution is 6.15. The zero-order valence-electron chi connectivity index (χ0n) is 16.0. The van der Waals surface area contributed by atoms with E-state index in [0.717, 1.165) is 5.56 Å². The number of fused-ring (bicyclic) bond motifs is 1. The van der Waals surface area contributed by atoms with Crippen LogP contribution in [-0.4, -0.2) is 36.8 Å². The third-order valence-corrected chi connectivity index (χ3v) is 4.99. The number of hydrogen-bond acceptors (Lipinski definition) is 6. The number of imide groups is 1. The van der Waals surface area contributed by atoms with Crippen LogP contribution in [0.4, 0.5) is 4.79 Å². The van der Waals surface area contributed by atoms with Crippen molar-refractivity contribution < 1.29 is 28.6 Å². The third-order valence-electron chi connectivity index (χ3n) is 4.99. The van der Waals surface area contributed by atoms with Gasteiger partial charge in [0.25, 0.3) is 11.8 Å². The first kappa shape index (κ1) is 18.9. The molecule has 2 atom stereocenters. The molecule has 1 N–H and O–H groups in total. The van der Waals surface area contributed by atoms with E-state index in [9.17, 15) is 14.4 Å². The summed E-state index contributed by atoms with van der Waals surface area (Å²) in [7, 11) is 0. The molecule has 0 saturated carbocycles. The van der Waals surface area contributed by atoms with Crippen molar-refractivity contribution in [1.29, 1.82) is 0 Å². The van der Waals surface area contributed by atoms with E-state index in [4.69, 9.17) is 14.2 Å². The number of alkyl carbamates (subject to hydrolysis) is 1. The van der Waals surface area contributed by atoms with Crippen LogP contribution in [0, 0.1) is 17.8 Å². The predicted molar refractivity (Wildman–Crippen MR) is 103 cm³/mol. The van der Waals surface area contributed by atoms with Crippen LogP contribution in [0.1, 0.15) is 19.4 Å². The first-order valence-corrected chi connectivity index (χ1v) is 9.38. The second-order valence-electron chi connectivity index (χ2n) is 7.27. The molecule has 1 saturated heterocycles. The summed E-state index contributed by atoms with van der Waals surface area (Å²) in [5, 5.41) is 2.06. The molecule has 0 radical (unpaired) electrons. The van der Waals surface area contributed by atoms with Gasteiger partial charge in [0.1, 0.15) is 13.2 Å². The van der Waals surface area contributed by atoms with Gasteiger partial charge in [-0.15, -0.1) is 0 Å². The van der Waals surface area contributed by atoms with Gasteiger partial charge in [0.05, 0.1) is 11.6 Å².